The standard InChI is InChI=1S/C28H37FN4O3/c1-28(2,3)30-27(35)33-20-17-31(18-21-33)16-19-32(26(34)23-11-13-24(29)14-12-23)15-7-9-22-8-5-6-10-25(22)36-4/h5-14H,15-21H2,1-4H3,(H,30,35)/b9-7+. The highest BCUT2D eigenvalue weighted by Gasteiger charge is 2.24. The number of halogens is 1. The fraction of sp³-hybridized carbons (Fsp3) is 0.429. The second-order valence-corrected chi connectivity index (χ2v) is 9.91. The molecule has 1 saturated heterocycles. The number of nitrogens with zero attached hydrogens (tertiary/aromatic N) is 3. The fourth-order valence-corrected chi connectivity index (χ4v) is 4.00. The van der Waals surface area contributed by atoms with E-state index in [9.17, 15) is 14.0 Å². The molecule has 2 aromatic carbocycles. The number of hydrogen-bond donors (Lipinski definition) is 1. The number of rotatable bonds is 8. The Hall–Kier alpha value is -3.39. The van der Waals surface area contributed by atoms with Gasteiger partial charge in [-0.1, -0.05) is 30.4 Å². The Labute approximate surface area is 213 Å². The smallest absolute Gasteiger partial charge is 0.317 e. The minimum Gasteiger partial charge on any atom is -0.496 e. The highest BCUT2D eigenvalue weighted by atomic mass is 19.1. The minimum absolute atomic E-state index is 0.0447. The van der Waals surface area contributed by atoms with Crippen molar-refractivity contribution in [3.05, 3.63) is 71.6 Å². The van der Waals surface area contributed by atoms with Crippen molar-refractivity contribution in [2.75, 3.05) is 52.9 Å². The maximum Gasteiger partial charge on any atom is 0.317 e. The van der Waals surface area contributed by atoms with E-state index >= 15 is 0 Å². The average Bonchev–Trinajstić information content (AvgIpc) is 2.85. The molecule has 194 valence electrons. The van der Waals surface area contributed by atoms with Gasteiger partial charge in [0.15, 0.2) is 0 Å². The Morgan fingerprint density at radius 2 is 1.72 bits per heavy atom. The summed E-state index contributed by atoms with van der Waals surface area (Å²) in [5.41, 5.74) is 1.11. The Kier molecular flexibility index (Phi) is 9.47. The third kappa shape index (κ3) is 8.09. The van der Waals surface area contributed by atoms with E-state index in [4.69, 9.17) is 4.74 Å². The van der Waals surface area contributed by atoms with Crippen LogP contribution in [0.15, 0.2) is 54.6 Å². The van der Waals surface area contributed by atoms with Crippen molar-refractivity contribution < 1.29 is 18.7 Å². The maximum atomic E-state index is 13.4. The molecule has 0 aromatic heterocycles. The molecule has 2 aromatic rings. The summed E-state index contributed by atoms with van der Waals surface area (Å²) in [5.74, 6) is 0.240. The number of methoxy groups -OCH3 is 1. The molecule has 1 aliphatic heterocycles. The fourth-order valence-electron chi connectivity index (χ4n) is 4.00. The first-order valence-corrected chi connectivity index (χ1v) is 12.3. The minimum atomic E-state index is -0.373. The topological polar surface area (TPSA) is 65.1 Å². The number of nitrogens with one attached hydrogen (secondary N) is 1. The molecule has 1 aliphatic rings. The van der Waals surface area contributed by atoms with Crippen LogP contribution in [0.1, 0.15) is 36.7 Å². The molecule has 3 amide bonds. The van der Waals surface area contributed by atoms with Gasteiger partial charge >= 0.3 is 6.03 Å². The number of hydrogen-bond acceptors (Lipinski definition) is 4. The molecule has 0 unspecified atom stereocenters. The van der Waals surface area contributed by atoms with Gasteiger partial charge in [0.1, 0.15) is 11.6 Å². The summed E-state index contributed by atoms with van der Waals surface area (Å²) in [4.78, 5) is 31.5. The van der Waals surface area contributed by atoms with Gasteiger partial charge in [-0.2, -0.15) is 0 Å². The number of urea groups is 1. The molecule has 0 radical (unpaired) electrons. The van der Waals surface area contributed by atoms with Gasteiger partial charge in [0.05, 0.1) is 7.11 Å². The van der Waals surface area contributed by atoms with E-state index in [1.807, 2.05) is 62.1 Å². The molecule has 36 heavy (non-hydrogen) atoms. The molecule has 1 heterocycles. The van der Waals surface area contributed by atoms with Crippen LogP contribution in [-0.2, 0) is 0 Å². The van der Waals surface area contributed by atoms with E-state index < -0.39 is 0 Å². The first-order valence-electron chi connectivity index (χ1n) is 12.3. The van der Waals surface area contributed by atoms with Crippen molar-refractivity contribution in [3.63, 3.8) is 0 Å². The molecule has 0 saturated carbocycles. The normalized spacial score (nSPS) is 14.6. The van der Waals surface area contributed by atoms with Gasteiger partial charge in [-0.05, 0) is 51.1 Å². The molecule has 0 aliphatic carbocycles. The van der Waals surface area contributed by atoms with Crippen LogP contribution >= 0.6 is 0 Å². The lowest BCUT2D eigenvalue weighted by atomic mass is 10.1. The summed E-state index contributed by atoms with van der Waals surface area (Å²) in [6.45, 7) is 10.3. The van der Waals surface area contributed by atoms with Gasteiger partial charge in [0, 0.05) is 62.5 Å². The SMILES string of the molecule is COc1ccccc1/C=C/CN(CCN1CCN(C(=O)NC(C)(C)C)CC1)C(=O)c1ccc(F)cc1. The van der Waals surface area contributed by atoms with Crippen LogP contribution < -0.4 is 10.1 Å². The summed E-state index contributed by atoms with van der Waals surface area (Å²) in [5, 5.41) is 3.01. The average molecular weight is 497 g/mol. The van der Waals surface area contributed by atoms with Gasteiger partial charge in [-0.15, -0.1) is 0 Å². The number of benzene rings is 2. The highest BCUT2D eigenvalue weighted by Crippen LogP contribution is 2.19. The van der Waals surface area contributed by atoms with Crippen molar-refractivity contribution in [2.45, 2.75) is 26.3 Å². The lowest BCUT2D eigenvalue weighted by molar-refractivity contribution is 0.0737. The molecule has 1 N–H and O–H groups in total. The van der Waals surface area contributed by atoms with Gasteiger partial charge in [-0.25, -0.2) is 9.18 Å². The van der Waals surface area contributed by atoms with E-state index in [0.717, 1.165) is 24.4 Å². The Morgan fingerprint density at radius 1 is 1.06 bits per heavy atom. The molecule has 0 atom stereocenters. The van der Waals surface area contributed by atoms with E-state index in [2.05, 4.69) is 10.2 Å². The number of carbonyl (C=O) groups is 2. The van der Waals surface area contributed by atoms with Crippen molar-refractivity contribution in [1.82, 2.24) is 20.0 Å². The van der Waals surface area contributed by atoms with Crippen LogP contribution in [0.25, 0.3) is 6.08 Å². The van der Waals surface area contributed by atoms with E-state index in [1.165, 1.54) is 24.3 Å². The zero-order valence-electron chi connectivity index (χ0n) is 21.7. The lowest BCUT2D eigenvalue weighted by Crippen LogP contribution is -2.55. The molecule has 1 fully saturated rings. The van der Waals surface area contributed by atoms with Crippen LogP contribution in [0.4, 0.5) is 9.18 Å². The maximum absolute atomic E-state index is 13.4. The number of para-hydroxylation sites is 1. The molecular weight excluding hydrogens is 459 g/mol. The van der Waals surface area contributed by atoms with Gasteiger partial charge < -0.3 is 19.9 Å². The predicted octanol–water partition coefficient (Wildman–Crippen LogP) is 4.12. The monoisotopic (exact) mass is 496 g/mol. The van der Waals surface area contributed by atoms with Gasteiger partial charge in [-0.3, -0.25) is 9.69 Å². The van der Waals surface area contributed by atoms with Crippen LogP contribution in [0, 0.1) is 5.82 Å². The summed E-state index contributed by atoms with van der Waals surface area (Å²) in [6.07, 6.45) is 3.88. The Morgan fingerprint density at radius 3 is 2.36 bits per heavy atom. The molecule has 3 rings (SSSR count). The molecular formula is C28H37FN4O3. The van der Waals surface area contributed by atoms with Crippen LogP contribution in [0.3, 0.4) is 0 Å². The summed E-state index contributed by atoms with van der Waals surface area (Å²) in [7, 11) is 1.63. The third-order valence-electron chi connectivity index (χ3n) is 5.97. The number of piperazine rings is 1. The van der Waals surface area contributed by atoms with Crippen LogP contribution in [-0.4, -0.2) is 85.1 Å². The van der Waals surface area contributed by atoms with E-state index in [0.29, 0.717) is 38.3 Å². The molecule has 7 nitrogen and oxygen atoms in total. The number of carbonyl (C=O) groups excluding carboxylic acids is 2. The van der Waals surface area contributed by atoms with Crippen molar-refractivity contribution in [1.29, 1.82) is 0 Å². The molecule has 8 heteroatoms. The summed E-state index contributed by atoms with van der Waals surface area (Å²) >= 11 is 0. The van der Waals surface area contributed by atoms with E-state index in [-0.39, 0.29) is 23.3 Å². The number of amides is 3. The van der Waals surface area contributed by atoms with Crippen molar-refractivity contribution in [2.24, 2.45) is 0 Å². The molecule has 0 bridgehead atoms. The second kappa shape index (κ2) is 12.5. The summed E-state index contributed by atoms with van der Waals surface area (Å²) in [6, 6.07) is 13.3. The lowest BCUT2D eigenvalue weighted by Gasteiger charge is -2.37. The molecule has 0 spiro atoms. The number of ether oxygens (including phenoxy) is 1. The first kappa shape index (κ1) is 27.2. The van der Waals surface area contributed by atoms with Gasteiger partial charge in [0.2, 0.25) is 0 Å². The second-order valence-electron chi connectivity index (χ2n) is 9.91. The highest BCUT2D eigenvalue weighted by molar-refractivity contribution is 5.94. The van der Waals surface area contributed by atoms with Gasteiger partial charge in [0.25, 0.3) is 5.91 Å². The zero-order chi connectivity index (χ0) is 26.1. The van der Waals surface area contributed by atoms with Crippen LogP contribution in [0.2, 0.25) is 0 Å². The van der Waals surface area contributed by atoms with Crippen molar-refractivity contribution in [3.8, 4) is 5.75 Å². The van der Waals surface area contributed by atoms with Crippen LogP contribution in [0.5, 0.6) is 5.75 Å². The first-order chi connectivity index (χ1) is 17.2. The summed E-state index contributed by atoms with van der Waals surface area (Å²) < 4.78 is 18.8. The van der Waals surface area contributed by atoms with Crippen molar-refractivity contribution >= 4 is 18.0 Å². The largest absolute Gasteiger partial charge is 0.496 e. The predicted molar refractivity (Wildman–Crippen MR) is 141 cm³/mol. The zero-order valence-corrected chi connectivity index (χ0v) is 21.7. The Balaban J connectivity index is 1.62. The van der Waals surface area contributed by atoms with E-state index in [1.54, 1.807) is 12.0 Å². The quantitative estimate of drug-likeness (QED) is 0.597. The third-order valence-corrected chi connectivity index (χ3v) is 5.97. The Bertz CT molecular complexity index is 1040.